The van der Waals surface area contributed by atoms with Crippen molar-refractivity contribution in [3.8, 4) is 0 Å². The van der Waals surface area contributed by atoms with E-state index in [0.29, 0.717) is 26.3 Å². The lowest BCUT2D eigenvalue weighted by molar-refractivity contribution is -0.137. The largest absolute Gasteiger partial charge is 0.480 e. The maximum absolute atomic E-state index is 11.8. The highest BCUT2D eigenvalue weighted by molar-refractivity contribution is 5.80. The molecule has 19 heavy (non-hydrogen) atoms. The second-order valence-corrected chi connectivity index (χ2v) is 4.91. The highest BCUT2D eigenvalue weighted by atomic mass is 16.5. The number of rotatable bonds is 9. The first-order chi connectivity index (χ1) is 8.82. The van der Waals surface area contributed by atoms with Crippen LogP contribution in [0.15, 0.2) is 12.2 Å². The number of carbonyl (C=O) groups excluding carboxylic acids is 1. The summed E-state index contributed by atoms with van der Waals surface area (Å²) in [6.45, 7) is 10.7. The Morgan fingerprint density at radius 3 is 2.53 bits per heavy atom. The second kappa shape index (κ2) is 9.38. The van der Waals surface area contributed by atoms with Gasteiger partial charge in [0.15, 0.2) is 0 Å². The number of carboxylic acid groups (broad SMARTS) is 1. The summed E-state index contributed by atoms with van der Waals surface area (Å²) in [5, 5.41) is 11.4. The Balaban J connectivity index is 4.03. The van der Waals surface area contributed by atoms with E-state index in [9.17, 15) is 9.59 Å². The van der Waals surface area contributed by atoms with Crippen molar-refractivity contribution in [1.82, 2.24) is 10.2 Å². The van der Waals surface area contributed by atoms with Gasteiger partial charge in [-0.15, -0.1) is 0 Å². The third kappa shape index (κ3) is 10.1. The number of carboxylic acids is 1. The number of hydrogen-bond donors (Lipinski definition) is 2. The van der Waals surface area contributed by atoms with Crippen LogP contribution in [0.4, 0.5) is 4.79 Å². The van der Waals surface area contributed by atoms with Gasteiger partial charge in [-0.25, -0.2) is 4.79 Å². The number of nitrogens with one attached hydrogen (secondary N) is 1. The monoisotopic (exact) mass is 272 g/mol. The molecule has 0 fully saturated rings. The van der Waals surface area contributed by atoms with Crippen LogP contribution in [0.25, 0.3) is 0 Å². The van der Waals surface area contributed by atoms with Gasteiger partial charge in [-0.2, -0.15) is 0 Å². The summed E-state index contributed by atoms with van der Waals surface area (Å²) in [5.41, 5.74) is 0.915. The zero-order valence-corrected chi connectivity index (χ0v) is 11.9. The first kappa shape index (κ1) is 17.4. The first-order valence-corrected chi connectivity index (χ1v) is 6.29. The lowest BCUT2D eigenvalue weighted by atomic mass is 10.2. The molecule has 0 aromatic carbocycles. The molecule has 0 aromatic rings. The van der Waals surface area contributed by atoms with Crippen molar-refractivity contribution in [2.24, 2.45) is 5.92 Å². The summed E-state index contributed by atoms with van der Waals surface area (Å²) in [6.07, 6.45) is 0. The lowest BCUT2D eigenvalue weighted by Crippen LogP contribution is -2.45. The average Bonchev–Trinajstić information content (AvgIpc) is 2.25. The molecule has 0 rings (SSSR count). The highest BCUT2D eigenvalue weighted by Gasteiger charge is 2.17. The predicted octanol–water partition coefficient (Wildman–Crippen LogP) is 1.33. The summed E-state index contributed by atoms with van der Waals surface area (Å²) in [7, 11) is 0. The van der Waals surface area contributed by atoms with Crippen molar-refractivity contribution >= 4 is 12.0 Å². The van der Waals surface area contributed by atoms with Gasteiger partial charge in [-0.3, -0.25) is 4.79 Å². The van der Waals surface area contributed by atoms with Crippen molar-refractivity contribution in [1.29, 1.82) is 0 Å². The minimum atomic E-state index is -1.02. The third-order valence-corrected chi connectivity index (χ3v) is 2.07. The quantitative estimate of drug-likeness (QED) is 0.490. The van der Waals surface area contributed by atoms with Crippen LogP contribution in [0.3, 0.4) is 0 Å². The van der Waals surface area contributed by atoms with Gasteiger partial charge in [0.25, 0.3) is 0 Å². The number of aliphatic carboxylic acids is 1. The molecule has 0 aliphatic carbocycles. The number of amides is 2. The van der Waals surface area contributed by atoms with Crippen LogP contribution in [0.5, 0.6) is 0 Å². The van der Waals surface area contributed by atoms with E-state index in [1.54, 1.807) is 0 Å². The van der Waals surface area contributed by atoms with Crippen LogP contribution in [0.2, 0.25) is 0 Å². The second-order valence-electron chi connectivity index (χ2n) is 4.91. The molecule has 0 bridgehead atoms. The van der Waals surface area contributed by atoms with E-state index in [0.717, 1.165) is 5.57 Å². The van der Waals surface area contributed by atoms with Crippen molar-refractivity contribution in [2.45, 2.75) is 20.8 Å². The molecule has 0 aliphatic heterocycles. The maximum Gasteiger partial charge on any atom is 0.323 e. The van der Waals surface area contributed by atoms with E-state index in [-0.39, 0.29) is 18.5 Å². The molecule has 0 aromatic heterocycles. The fourth-order valence-electron chi connectivity index (χ4n) is 1.41. The van der Waals surface area contributed by atoms with Gasteiger partial charge in [0.1, 0.15) is 6.54 Å². The van der Waals surface area contributed by atoms with E-state index < -0.39 is 5.97 Å². The van der Waals surface area contributed by atoms with E-state index in [4.69, 9.17) is 9.84 Å². The average molecular weight is 272 g/mol. The molecular formula is C13H24N2O4. The fourth-order valence-corrected chi connectivity index (χ4v) is 1.41. The minimum Gasteiger partial charge on any atom is -0.480 e. The van der Waals surface area contributed by atoms with Crippen molar-refractivity contribution < 1.29 is 19.4 Å². The molecule has 110 valence electrons. The molecule has 0 saturated carbocycles. The van der Waals surface area contributed by atoms with E-state index in [2.05, 4.69) is 11.9 Å². The van der Waals surface area contributed by atoms with E-state index >= 15 is 0 Å². The molecule has 6 nitrogen and oxygen atoms in total. The number of nitrogens with zero attached hydrogens (tertiary/aromatic N) is 1. The zero-order valence-electron chi connectivity index (χ0n) is 11.9. The minimum absolute atomic E-state index is 0.213. The standard InChI is InChI=1S/C13H24N2O4/c1-10(2)7-15(8-12(16)17)13(18)14-5-6-19-9-11(3)4/h10H,3,5-9H2,1-2,4H3,(H,14,18)(H,16,17). The van der Waals surface area contributed by atoms with Crippen molar-refractivity contribution in [3.63, 3.8) is 0 Å². The number of hydrogen-bond acceptors (Lipinski definition) is 3. The molecule has 6 heteroatoms. The van der Waals surface area contributed by atoms with Crippen LogP contribution in [-0.4, -0.2) is 54.9 Å². The van der Waals surface area contributed by atoms with Crippen molar-refractivity contribution in [3.05, 3.63) is 12.2 Å². The summed E-state index contributed by atoms with van der Waals surface area (Å²) in [5.74, 6) is -0.806. The van der Waals surface area contributed by atoms with E-state index in [1.165, 1.54) is 4.90 Å². The lowest BCUT2D eigenvalue weighted by Gasteiger charge is -2.23. The summed E-state index contributed by atoms with van der Waals surface area (Å²) < 4.78 is 5.24. The molecule has 0 heterocycles. The summed E-state index contributed by atoms with van der Waals surface area (Å²) in [4.78, 5) is 23.8. The van der Waals surface area contributed by atoms with Gasteiger partial charge in [0, 0.05) is 13.1 Å². The number of ether oxygens (including phenoxy) is 1. The fraction of sp³-hybridized carbons (Fsp3) is 0.692. The Morgan fingerprint density at radius 1 is 1.42 bits per heavy atom. The highest BCUT2D eigenvalue weighted by Crippen LogP contribution is 1.99. The molecule has 2 amide bonds. The van der Waals surface area contributed by atoms with Crippen LogP contribution < -0.4 is 5.32 Å². The molecule has 0 atom stereocenters. The smallest absolute Gasteiger partial charge is 0.323 e. The first-order valence-electron chi connectivity index (χ1n) is 6.29. The van der Waals surface area contributed by atoms with Gasteiger partial charge in [-0.05, 0) is 12.8 Å². The Labute approximate surface area is 114 Å². The molecular weight excluding hydrogens is 248 g/mol. The molecule has 0 unspecified atom stereocenters. The van der Waals surface area contributed by atoms with Crippen LogP contribution in [-0.2, 0) is 9.53 Å². The molecule has 2 N–H and O–H groups in total. The zero-order chi connectivity index (χ0) is 14.8. The van der Waals surface area contributed by atoms with Crippen LogP contribution in [0.1, 0.15) is 20.8 Å². The van der Waals surface area contributed by atoms with Gasteiger partial charge in [0.2, 0.25) is 0 Å². The maximum atomic E-state index is 11.8. The van der Waals surface area contributed by atoms with Gasteiger partial charge in [-0.1, -0.05) is 26.0 Å². The Hall–Kier alpha value is -1.56. The summed E-state index contributed by atoms with van der Waals surface area (Å²) in [6, 6.07) is -0.380. The van der Waals surface area contributed by atoms with Crippen molar-refractivity contribution in [2.75, 3.05) is 32.8 Å². The van der Waals surface area contributed by atoms with E-state index in [1.807, 2.05) is 20.8 Å². The van der Waals surface area contributed by atoms with Gasteiger partial charge in [0.05, 0.1) is 13.2 Å². The Morgan fingerprint density at radius 2 is 2.05 bits per heavy atom. The molecule has 0 aliphatic rings. The molecule has 0 saturated heterocycles. The Kier molecular flexibility index (Phi) is 8.61. The van der Waals surface area contributed by atoms with Gasteiger partial charge < -0.3 is 20.1 Å². The predicted molar refractivity (Wildman–Crippen MR) is 73.1 cm³/mol. The topological polar surface area (TPSA) is 78.9 Å². The SMILES string of the molecule is C=C(C)COCCNC(=O)N(CC(=O)O)CC(C)C. The normalized spacial score (nSPS) is 10.3. The number of carbonyl (C=O) groups is 2. The summed E-state index contributed by atoms with van der Waals surface area (Å²) >= 11 is 0. The molecule has 0 radical (unpaired) electrons. The van der Waals surface area contributed by atoms with Crippen LogP contribution >= 0.6 is 0 Å². The Bertz CT molecular complexity index is 316. The molecule has 0 spiro atoms. The number of urea groups is 1. The third-order valence-electron chi connectivity index (χ3n) is 2.07. The van der Waals surface area contributed by atoms with Gasteiger partial charge >= 0.3 is 12.0 Å². The van der Waals surface area contributed by atoms with Crippen LogP contribution in [0, 0.1) is 5.92 Å².